The molecule has 0 unspecified atom stereocenters. The first-order valence-electron chi connectivity index (χ1n) is 5.35. The largest absolute Gasteiger partial charge is 0.439 e. The van der Waals surface area contributed by atoms with Crippen LogP contribution < -0.4 is 5.73 Å². The number of aromatic nitrogens is 1. The summed E-state index contributed by atoms with van der Waals surface area (Å²) in [5.41, 5.74) is 10.3. The van der Waals surface area contributed by atoms with Crippen LogP contribution in [0.4, 0.5) is 0 Å². The van der Waals surface area contributed by atoms with Crippen molar-refractivity contribution in [1.82, 2.24) is 4.98 Å². The summed E-state index contributed by atoms with van der Waals surface area (Å²) in [7, 11) is 0. The third kappa shape index (κ3) is 1.86. The van der Waals surface area contributed by atoms with Crippen LogP contribution in [0.3, 0.4) is 0 Å². The Morgan fingerprint density at radius 1 is 1.19 bits per heavy atom. The smallest absolute Gasteiger partial charge is 0.208 e. The lowest BCUT2D eigenvalue weighted by Gasteiger charge is -2.08. The van der Waals surface area contributed by atoms with Crippen molar-refractivity contribution in [2.75, 3.05) is 0 Å². The Kier molecular flexibility index (Phi) is 2.79. The molecule has 0 atom stereocenters. The number of hydrogen-bond acceptors (Lipinski definition) is 3. The van der Waals surface area contributed by atoms with Gasteiger partial charge in [0.05, 0.1) is 12.7 Å². The van der Waals surface area contributed by atoms with Gasteiger partial charge in [0.15, 0.2) is 5.76 Å². The maximum absolute atomic E-state index is 5.58. The lowest BCUT2D eigenvalue weighted by atomic mass is 9.98. The molecule has 0 saturated heterocycles. The molecule has 3 nitrogen and oxygen atoms in total. The quantitative estimate of drug-likeness (QED) is 0.839. The summed E-state index contributed by atoms with van der Waals surface area (Å²) in [6.07, 6.45) is 1.74. The first kappa shape index (κ1) is 10.9. The van der Waals surface area contributed by atoms with Gasteiger partial charge in [-0.2, -0.15) is 0 Å². The topological polar surface area (TPSA) is 52.0 Å². The number of rotatable bonds is 2. The third-order valence-corrected chi connectivity index (χ3v) is 2.65. The second kappa shape index (κ2) is 4.10. The lowest BCUT2D eigenvalue weighted by Crippen LogP contribution is -1.95. The molecule has 0 fully saturated rings. The molecule has 0 radical (unpaired) electrons. The van der Waals surface area contributed by atoms with E-state index in [0.29, 0.717) is 12.4 Å². The molecule has 1 heterocycles. The van der Waals surface area contributed by atoms with Crippen LogP contribution in [0.15, 0.2) is 22.7 Å². The second-order valence-corrected chi connectivity index (χ2v) is 4.10. The molecule has 84 valence electrons. The van der Waals surface area contributed by atoms with E-state index in [4.69, 9.17) is 10.2 Å². The third-order valence-electron chi connectivity index (χ3n) is 2.65. The molecule has 0 spiro atoms. The van der Waals surface area contributed by atoms with Gasteiger partial charge < -0.3 is 10.2 Å². The van der Waals surface area contributed by atoms with Gasteiger partial charge in [-0.15, -0.1) is 0 Å². The molecule has 3 heteroatoms. The van der Waals surface area contributed by atoms with Gasteiger partial charge in [-0.3, -0.25) is 0 Å². The molecule has 0 aliphatic carbocycles. The highest BCUT2D eigenvalue weighted by atomic mass is 16.4. The molecule has 2 rings (SSSR count). The molecule has 0 saturated carbocycles. The minimum Gasteiger partial charge on any atom is -0.439 e. The number of oxazole rings is 1. The Hall–Kier alpha value is -1.61. The summed E-state index contributed by atoms with van der Waals surface area (Å²) in [4.78, 5) is 4.12. The standard InChI is InChI=1S/C13H16N2O/c1-8-4-9(2)13(10(3)5-8)11-7-15-12(6-14)16-11/h4-5,7H,6,14H2,1-3H3. The van der Waals surface area contributed by atoms with E-state index in [-0.39, 0.29) is 0 Å². The summed E-state index contributed by atoms with van der Waals surface area (Å²) in [6, 6.07) is 4.29. The average molecular weight is 216 g/mol. The van der Waals surface area contributed by atoms with Gasteiger partial charge in [-0.1, -0.05) is 17.7 Å². The number of nitrogens with two attached hydrogens (primary N) is 1. The van der Waals surface area contributed by atoms with E-state index in [1.165, 1.54) is 16.7 Å². The van der Waals surface area contributed by atoms with Crippen LogP contribution >= 0.6 is 0 Å². The summed E-state index contributed by atoms with van der Waals surface area (Å²) < 4.78 is 5.58. The van der Waals surface area contributed by atoms with Crippen LogP contribution in [0, 0.1) is 20.8 Å². The highest BCUT2D eigenvalue weighted by Crippen LogP contribution is 2.28. The van der Waals surface area contributed by atoms with Crippen molar-refractivity contribution >= 4 is 0 Å². The van der Waals surface area contributed by atoms with Crippen LogP contribution in [0.5, 0.6) is 0 Å². The average Bonchev–Trinajstić information content (AvgIpc) is 2.64. The molecule has 2 aromatic rings. The fourth-order valence-electron chi connectivity index (χ4n) is 2.09. The molecule has 0 bridgehead atoms. The Morgan fingerprint density at radius 2 is 1.81 bits per heavy atom. The summed E-state index contributed by atoms with van der Waals surface area (Å²) >= 11 is 0. The molecular formula is C13H16N2O. The molecule has 0 amide bonds. The molecule has 2 N–H and O–H groups in total. The van der Waals surface area contributed by atoms with Crippen LogP contribution in [-0.2, 0) is 6.54 Å². The van der Waals surface area contributed by atoms with Crippen molar-refractivity contribution in [3.63, 3.8) is 0 Å². The molecule has 0 aliphatic rings. The Bertz CT molecular complexity index is 491. The van der Waals surface area contributed by atoms with Crippen molar-refractivity contribution in [2.45, 2.75) is 27.3 Å². The number of aryl methyl sites for hydroxylation is 3. The maximum atomic E-state index is 5.58. The van der Waals surface area contributed by atoms with Gasteiger partial charge in [-0.05, 0) is 31.9 Å². The van der Waals surface area contributed by atoms with Gasteiger partial charge in [-0.25, -0.2) is 4.98 Å². The lowest BCUT2D eigenvalue weighted by molar-refractivity contribution is 0.509. The zero-order valence-electron chi connectivity index (χ0n) is 9.87. The van der Waals surface area contributed by atoms with Crippen LogP contribution in [0.1, 0.15) is 22.6 Å². The SMILES string of the molecule is Cc1cc(C)c(-c2cnc(CN)o2)c(C)c1. The first-order chi connectivity index (χ1) is 7.61. The van der Waals surface area contributed by atoms with E-state index < -0.39 is 0 Å². The minimum atomic E-state index is 0.337. The van der Waals surface area contributed by atoms with E-state index in [2.05, 4.69) is 37.9 Å². The van der Waals surface area contributed by atoms with Crippen molar-refractivity contribution in [2.24, 2.45) is 5.73 Å². The second-order valence-electron chi connectivity index (χ2n) is 4.10. The van der Waals surface area contributed by atoms with Gasteiger partial charge in [0.1, 0.15) is 0 Å². The first-order valence-corrected chi connectivity index (χ1v) is 5.35. The molecule has 0 aliphatic heterocycles. The van der Waals surface area contributed by atoms with E-state index >= 15 is 0 Å². The Labute approximate surface area is 95.3 Å². The van der Waals surface area contributed by atoms with E-state index in [9.17, 15) is 0 Å². The predicted octanol–water partition coefficient (Wildman–Crippen LogP) is 2.73. The van der Waals surface area contributed by atoms with E-state index in [1.807, 2.05) is 0 Å². The minimum absolute atomic E-state index is 0.337. The number of hydrogen-bond donors (Lipinski definition) is 1. The van der Waals surface area contributed by atoms with Gasteiger partial charge in [0, 0.05) is 5.56 Å². The molecule has 1 aromatic carbocycles. The van der Waals surface area contributed by atoms with E-state index in [1.54, 1.807) is 6.20 Å². The van der Waals surface area contributed by atoms with Crippen molar-refractivity contribution in [1.29, 1.82) is 0 Å². The van der Waals surface area contributed by atoms with Crippen molar-refractivity contribution in [3.8, 4) is 11.3 Å². The zero-order chi connectivity index (χ0) is 11.7. The summed E-state index contributed by atoms with van der Waals surface area (Å²) in [6.45, 7) is 6.60. The molecule has 1 aromatic heterocycles. The van der Waals surface area contributed by atoms with E-state index in [0.717, 1.165) is 11.3 Å². The Balaban J connectivity index is 2.55. The van der Waals surface area contributed by atoms with Crippen molar-refractivity contribution < 1.29 is 4.42 Å². The highest BCUT2D eigenvalue weighted by Gasteiger charge is 2.11. The Morgan fingerprint density at radius 3 is 2.31 bits per heavy atom. The normalized spacial score (nSPS) is 10.8. The van der Waals surface area contributed by atoms with Crippen LogP contribution in [-0.4, -0.2) is 4.98 Å². The van der Waals surface area contributed by atoms with Gasteiger partial charge in [0.25, 0.3) is 0 Å². The van der Waals surface area contributed by atoms with Crippen molar-refractivity contribution in [3.05, 3.63) is 40.9 Å². The summed E-state index contributed by atoms with van der Waals surface area (Å²) in [5, 5.41) is 0. The summed E-state index contributed by atoms with van der Waals surface area (Å²) in [5.74, 6) is 1.38. The fraction of sp³-hybridized carbons (Fsp3) is 0.308. The predicted molar refractivity (Wildman–Crippen MR) is 64.0 cm³/mol. The van der Waals surface area contributed by atoms with Crippen LogP contribution in [0.25, 0.3) is 11.3 Å². The van der Waals surface area contributed by atoms with Gasteiger partial charge in [0.2, 0.25) is 5.89 Å². The highest BCUT2D eigenvalue weighted by molar-refractivity contribution is 5.66. The van der Waals surface area contributed by atoms with Gasteiger partial charge >= 0.3 is 0 Å². The van der Waals surface area contributed by atoms with Crippen LogP contribution in [0.2, 0.25) is 0 Å². The number of nitrogens with zero attached hydrogens (tertiary/aromatic N) is 1. The molecule has 16 heavy (non-hydrogen) atoms. The fourth-order valence-corrected chi connectivity index (χ4v) is 2.09. The maximum Gasteiger partial charge on any atom is 0.208 e. The zero-order valence-corrected chi connectivity index (χ0v) is 9.87. The molecular weight excluding hydrogens is 200 g/mol. The number of benzene rings is 1. The monoisotopic (exact) mass is 216 g/mol.